The van der Waals surface area contributed by atoms with Crippen LogP contribution in [0.25, 0.3) is 0 Å². The predicted octanol–water partition coefficient (Wildman–Crippen LogP) is 4.18. The Morgan fingerprint density at radius 1 is 1.00 bits per heavy atom. The fraction of sp³-hybridized carbons (Fsp3) is 0.368. The maximum Gasteiger partial charge on any atom is 0.143 e. The molecule has 0 saturated carbocycles. The van der Waals surface area contributed by atoms with E-state index in [-0.39, 0.29) is 0 Å². The summed E-state index contributed by atoms with van der Waals surface area (Å²) in [5.74, 6) is 0.888. The molecule has 3 heteroatoms. The van der Waals surface area contributed by atoms with E-state index in [4.69, 9.17) is 9.47 Å². The first-order valence-corrected chi connectivity index (χ1v) is 7.65. The van der Waals surface area contributed by atoms with E-state index in [2.05, 4.69) is 56.3 Å². The Morgan fingerprint density at radius 3 is 2.32 bits per heavy atom. The lowest BCUT2D eigenvalue weighted by molar-refractivity contribution is 0.201. The normalized spacial score (nSPS) is 10.5. The second kappa shape index (κ2) is 7.85. The molecule has 0 N–H and O–H groups in total. The lowest BCUT2D eigenvalue weighted by atomic mass is 10.1. The Morgan fingerprint density at radius 2 is 1.68 bits per heavy atom. The van der Waals surface area contributed by atoms with Gasteiger partial charge in [-0.1, -0.05) is 37.3 Å². The SMILES string of the molecule is CCc1ccc(COc2cc(C)ccc2N(C)COC)cc1. The number of rotatable bonds is 7. The molecule has 0 saturated heterocycles. The molecule has 0 bridgehead atoms. The molecule has 0 radical (unpaired) electrons. The third kappa shape index (κ3) is 4.25. The van der Waals surface area contributed by atoms with Gasteiger partial charge in [-0.2, -0.15) is 0 Å². The number of aryl methyl sites for hydroxylation is 2. The molecule has 0 unspecified atom stereocenters. The summed E-state index contributed by atoms with van der Waals surface area (Å²) in [7, 11) is 3.69. The molecule has 0 aliphatic rings. The van der Waals surface area contributed by atoms with Crippen molar-refractivity contribution in [3.63, 3.8) is 0 Å². The second-order valence-electron chi connectivity index (χ2n) is 5.55. The van der Waals surface area contributed by atoms with Crippen molar-refractivity contribution in [3.8, 4) is 5.75 Å². The van der Waals surface area contributed by atoms with Gasteiger partial charge in [-0.05, 0) is 42.2 Å². The van der Waals surface area contributed by atoms with Crippen LogP contribution >= 0.6 is 0 Å². The van der Waals surface area contributed by atoms with Crippen LogP contribution in [-0.2, 0) is 17.8 Å². The molecular formula is C19H25NO2. The molecule has 0 fully saturated rings. The van der Waals surface area contributed by atoms with Gasteiger partial charge in [0.05, 0.1) is 5.69 Å². The van der Waals surface area contributed by atoms with Gasteiger partial charge < -0.3 is 14.4 Å². The monoisotopic (exact) mass is 299 g/mol. The fourth-order valence-corrected chi connectivity index (χ4v) is 2.35. The highest BCUT2D eigenvalue weighted by Gasteiger charge is 2.09. The van der Waals surface area contributed by atoms with Gasteiger partial charge >= 0.3 is 0 Å². The van der Waals surface area contributed by atoms with Crippen molar-refractivity contribution in [2.75, 3.05) is 25.8 Å². The lowest BCUT2D eigenvalue weighted by Crippen LogP contribution is -2.20. The van der Waals surface area contributed by atoms with E-state index >= 15 is 0 Å². The van der Waals surface area contributed by atoms with Gasteiger partial charge in [-0.25, -0.2) is 0 Å². The van der Waals surface area contributed by atoms with Crippen LogP contribution in [0, 0.1) is 6.92 Å². The maximum atomic E-state index is 6.05. The molecular weight excluding hydrogens is 274 g/mol. The van der Waals surface area contributed by atoms with Crippen molar-refractivity contribution in [1.82, 2.24) is 0 Å². The molecule has 0 spiro atoms. The zero-order valence-electron chi connectivity index (χ0n) is 13.9. The van der Waals surface area contributed by atoms with Crippen molar-refractivity contribution in [1.29, 1.82) is 0 Å². The molecule has 0 amide bonds. The third-order valence-electron chi connectivity index (χ3n) is 3.67. The van der Waals surface area contributed by atoms with E-state index in [1.807, 2.05) is 11.9 Å². The van der Waals surface area contributed by atoms with Gasteiger partial charge in [0.25, 0.3) is 0 Å². The molecule has 0 heterocycles. The largest absolute Gasteiger partial charge is 0.487 e. The quantitative estimate of drug-likeness (QED) is 0.716. The Bertz CT molecular complexity index is 593. The van der Waals surface area contributed by atoms with E-state index in [0.29, 0.717) is 13.3 Å². The lowest BCUT2D eigenvalue weighted by Gasteiger charge is -2.22. The minimum Gasteiger partial charge on any atom is -0.487 e. The van der Waals surface area contributed by atoms with E-state index in [1.54, 1.807) is 7.11 Å². The molecule has 3 nitrogen and oxygen atoms in total. The van der Waals surface area contributed by atoms with Crippen LogP contribution in [0.5, 0.6) is 5.75 Å². The minimum atomic E-state index is 0.532. The Kier molecular flexibility index (Phi) is 5.84. The zero-order chi connectivity index (χ0) is 15.9. The summed E-state index contributed by atoms with van der Waals surface area (Å²) in [6.45, 7) is 5.34. The van der Waals surface area contributed by atoms with Crippen LogP contribution in [0.15, 0.2) is 42.5 Å². The number of hydrogen-bond donors (Lipinski definition) is 0. The summed E-state index contributed by atoms with van der Waals surface area (Å²) in [5, 5.41) is 0. The fourth-order valence-electron chi connectivity index (χ4n) is 2.35. The first-order valence-electron chi connectivity index (χ1n) is 7.65. The summed E-state index contributed by atoms with van der Waals surface area (Å²) in [4.78, 5) is 2.04. The molecule has 0 atom stereocenters. The molecule has 2 aromatic carbocycles. The molecule has 118 valence electrons. The van der Waals surface area contributed by atoms with Crippen LogP contribution in [0.4, 0.5) is 5.69 Å². The number of ether oxygens (including phenoxy) is 2. The molecule has 2 aromatic rings. The van der Waals surface area contributed by atoms with E-state index in [9.17, 15) is 0 Å². The molecule has 0 aliphatic carbocycles. The van der Waals surface area contributed by atoms with Crippen LogP contribution in [0.1, 0.15) is 23.6 Å². The number of benzene rings is 2. The minimum absolute atomic E-state index is 0.532. The maximum absolute atomic E-state index is 6.05. The van der Waals surface area contributed by atoms with Crippen molar-refractivity contribution < 1.29 is 9.47 Å². The third-order valence-corrected chi connectivity index (χ3v) is 3.67. The van der Waals surface area contributed by atoms with E-state index in [1.165, 1.54) is 16.7 Å². The molecule has 0 aliphatic heterocycles. The smallest absolute Gasteiger partial charge is 0.143 e. The Hall–Kier alpha value is -2.00. The van der Waals surface area contributed by atoms with Gasteiger partial charge in [0.1, 0.15) is 19.1 Å². The topological polar surface area (TPSA) is 21.7 Å². The van der Waals surface area contributed by atoms with Gasteiger partial charge in [0.2, 0.25) is 0 Å². The van der Waals surface area contributed by atoms with Crippen molar-refractivity contribution in [2.24, 2.45) is 0 Å². The summed E-state index contributed by atoms with van der Waals surface area (Å²) in [5.41, 5.74) is 4.75. The number of hydrogen-bond acceptors (Lipinski definition) is 3. The summed E-state index contributed by atoms with van der Waals surface area (Å²) in [6, 6.07) is 14.8. The predicted molar refractivity (Wildman–Crippen MR) is 91.6 cm³/mol. The molecule has 2 rings (SSSR count). The van der Waals surface area contributed by atoms with Crippen LogP contribution in [0.3, 0.4) is 0 Å². The molecule has 22 heavy (non-hydrogen) atoms. The van der Waals surface area contributed by atoms with E-state index in [0.717, 1.165) is 17.9 Å². The van der Waals surface area contributed by atoms with Gasteiger partial charge in [-0.3, -0.25) is 0 Å². The first-order chi connectivity index (χ1) is 10.6. The summed E-state index contributed by atoms with van der Waals surface area (Å²) >= 11 is 0. The van der Waals surface area contributed by atoms with Crippen molar-refractivity contribution in [3.05, 3.63) is 59.2 Å². The first kappa shape index (κ1) is 16.4. The standard InChI is InChI=1S/C19H25NO2/c1-5-16-7-9-17(10-8-16)13-22-19-12-15(2)6-11-18(19)20(3)14-21-4/h6-12H,5,13-14H2,1-4H3. The van der Waals surface area contributed by atoms with Gasteiger partial charge in [0.15, 0.2) is 0 Å². The van der Waals surface area contributed by atoms with Gasteiger partial charge in [-0.15, -0.1) is 0 Å². The highest BCUT2D eigenvalue weighted by Crippen LogP contribution is 2.29. The number of nitrogens with zero attached hydrogens (tertiary/aromatic N) is 1. The zero-order valence-corrected chi connectivity index (χ0v) is 13.9. The second-order valence-corrected chi connectivity index (χ2v) is 5.55. The van der Waals surface area contributed by atoms with Crippen LogP contribution < -0.4 is 9.64 Å². The van der Waals surface area contributed by atoms with Crippen LogP contribution in [0.2, 0.25) is 0 Å². The highest BCUT2D eigenvalue weighted by molar-refractivity contribution is 5.59. The Labute approximate surface area is 133 Å². The average Bonchev–Trinajstić information content (AvgIpc) is 2.53. The highest BCUT2D eigenvalue weighted by atomic mass is 16.5. The van der Waals surface area contributed by atoms with Gasteiger partial charge in [0, 0.05) is 14.2 Å². The number of anilines is 1. The van der Waals surface area contributed by atoms with Crippen LogP contribution in [-0.4, -0.2) is 20.9 Å². The summed E-state index contributed by atoms with van der Waals surface area (Å²) in [6.07, 6.45) is 1.06. The average molecular weight is 299 g/mol. The van der Waals surface area contributed by atoms with Crippen molar-refractivity contribution in [2.45, 2.75) is 26.9 Å². The summed E-state index contributed by atoms with van der Waals surface area (Å²) < 4.78 is 11.2. The van der Waals surface area contributed by atoms with E-state index < -0.39 is 0 Å². The van der Waals surface area contributed by atoms with Crippen molar-refractivity contribution >= 4 is 5.69 Å². The molecule has 0 aromatic heterocycles. The number of methoxy groups -OCH3 is 1. The Balaban J connectivity index is 2.11.